The van der Waals surface area contributed by atoms with Crippen LogP contribution >= 0.6 is 23.2 Å². The summed E-state index contributed by atoms with van der Waals surface area (Å²) < 4.78 is 14.7. The van der Waals surface area contributed by atoms with Crippen LogP contribution in [0.4, 0.5) is 4.39 Å². The number of hydrogen-bond acceptors (Lipinski definition) is 2. The van der Waals surface area contributed by atoms with Gasteiger partial charge in [-0.2, -0.15) is 0 Å². The Bertz CT molecular complexity index is 851. The van der Waals surface area contributed by atoms with Crippen LogP contribution in [0.25, 0.3) is 0 Å². The molecule has 2 rings (SSSR count). The van der Waals surface area contributed by atoms with E-state index in [1.165, 1.54) is 4.90 Å². The summed E-state index contributed by atoms with van der Waals surface area (Å²) in [5.74, 6) is -0.233. The average Bonchev–Trinajstić information content (AvgIpc) is 2.61. The number of aromatic hydroxyl groups is 1. The van der Waals surface area contributed by atoms with Gasteiger partial charge in [0.05, 0.1) is 5.02 Å². The largest absolute Gasteiger partial charge is 0.508 e. The van der Waals surface area contributed by atoms with Crippen molar-refractivity contribution in [3.8, 4) is 5.75 Å². The SMILES string of the molecule is CC(C)c1cc(Cc2c(Cl)cc(CCC(=O)N(C)C)c(F)c2Cl)ccc1O. The molecule has 0 aliphatic rings. The van der Waals surface area contributed by atoms with Crippen molar-refractivity contribution in [2.45, 2.75) is 39.0 Å². The van der Waals surface area contributed by atoms with E-state index in [-0.39, 0.29) is 35.4 Å². The van der Waals surface area contributed by atoms with E-state index in [1.807, 2.05) is 19.9 Å². The fourth-order valence-electron chi connectivity index (χ4n) is 2.87. The van der Waals surface area contributed by atoms with Crippen LogP contribution in [0.15, 0.2) is 24.3 Å². The van der Waals surface area contributed by atoms with Gasteiger partial charge in [0, 0.05) is 32.0 Å². The van der Waals surface area contributed by atoms with Crippen molar-refractivity contribution in [3.63, 3.8) is 0 Å². The molecule has 1 N–H and O–H groups in total. The zero-order valence-corrected chi connectivity index (χ0v) is 17.5. The lowest BCUT2D eigenvalue weighted by molar-refractivity contribution is -0.128. The summed E-state index contributed by atoms with van der Waals surface area (Å²) in [5, 5.41) is 10.3. The highest BCUT2D eigenvalue weighted by Crippen LogP contribution is 2.34. The van der Waals surface area contributed by atoms with Crippen LogP contribution in [-0.2, 0) is 17.6 Å². The first-order valence-corrected chi connectivity index (χ1v) is 9.54. The van der Waals surface area contributed by atoms with Crippen LogP contribution in [-0.4, -0.2) is 30.0 Å². The van der Waals surface area contributed by atoms with Crippen molar-refractivity contribution in [3.05, 3.63) is 62.4 Å². The van der Waals surface area contributed by atoms with Crippen LogP contribution in [0.3, 0.4) is 0 Å². The van der Waals surface area contributed by atoms with Crippen molar-refractivity contribution < 1.29 is 14.3 Å². The first kappa shape index (κ1) is 21.5. The highest BCUT2D eigenvalue weighted by atomic mass is 35.5. The van der Waals surface area contributed by atoms with Gasteiger partial charge in [0.1, 0.15) is 11.6 Å². The van der Waals surface area contributed by atoms with Gasteiger partial charge in [0.2, 0.25) is 5.91 Å². The van der Waals surface area contributed by atoms with Gasteiger partial charge in [-0.05, 0) is 46.7 Å². The number of rotatable bonds is 6. The Kier molecular flexibility index (Phi) is 7.12. The second-order valence-electron chi connectivity index (χ2n) is 7.14. The smallest absolute Gasteiger partial charge is 0.222 e. The van der Waals surface area contributed by atoms with Gasteiger partial charge in [-0.15, -0.1) is 0 Å². The molecule has 0 atom stereocenters. The fourth-order valence-corrected chi connectivity index (χ4v) is 3.50. The molecule has 0 saturated carbocycles. The molecule has 27 heavy (non-hydrogen) atoms. The number of halogens is 3. The minimum absolute atomic E-state index is 0.0195. The van der Waals surface area contributed by atoms with Crippen LogP contribution in [0.1, 0.15) is 48.4 Å². The van der Waals surface area contributed by atoms with Crippen molar-refractivity contribution in [1.29, 1.82) is 0 Å². The minimum atomic E-state index is -0.537. The molecule has 0 spiro atoms. The monoisotopic (exact) mass is 411 g/mol. The molecule has 2 aromatic rings. The number of phenolic OH excluding ortho intramolecular Hbond substituents is 1. The maximum Gasteiger partial charge on any atom is 0.222 e. The lowest BCUT2D eigenvalue weighted by atomic mass is 9.95. The summed E-state index contributed by atoms with van der Waals surface area (Å²) in [6, 6.07) is 6.83. The maximum absolute atomic E-state index is 14.7. The Morgan fingerprint density at radius 2 is 1.89 bits per heavy atom. The van der Waals surface area contributed by atoms with Gasteiger partial charge in [0.25, 0.3) is 0 Å². The summed E-state index contributed by atoms with van der Waals surface area (Å²) >= 11 is 12.6. The maximum atomic E-state index is 14.7. The number of aryl methyl sites for hydroxylation is 1. The first-order valence-electron chi connectivity index (χ1n) is 8.79. The molecule has 3 nitrogen and oxygen atoms in total. The molecule has 0 bridgehead atoms. The van der Waals surface area contributed by atoms with E-state index in [1.54, 1.807) is 32.3 Å². The third-order valence-corrected chi connectivity index (χ3v) is 5.26. The second-order valence-corrected chi connectivity index (χ2v) is 7.92. The molecular formula is C21H24Cl2FNO2. The third kappa shape index (κ3) is 5.14. The van der Waals surface area contributed by atoms with Gasteiger partial charge in [0.15, 0.2) is 0 Å². The molecule has 1 amide bonds. The molecular weight excluding hydrogens is 388 g/mol. The number of hydrogen-bond donors (Lipinski definition) is 1. The molecule has 0 radical (unpaired) electrons. The van der Waals surface area contributed by atoms with E-state index in [0.717, 1.165) is 11.1 Å². The molecule has 146 valence electrons. The number of amides is 1. The van der Waals surface area contributed by atoms with E-state index >= 15 is 0 Å². The van der Waals surface area contributed by atoms with E-state index in [0.29, 0.717) is 22.6 Å². The van der Waals surface area contributed by atoms with Gasteiger partial charge in [-0.3, -0.25) is 4.79 Å². The van der Waals surface area contributed by atoms with Gasteiger partial charge < -0.3 is 10.0 Å². The molecule has 0 fully saturated rings. The molecule has 0 saturated heterocycles. The molecule has 2 aromatic carbocycles. The number of carbonyl (C=O) groups excluding carboxylic acids is 1. The van der Waals surface area contributed by atoms with Crippen molar-refractivity contribution in [2.75, 3.05) is 14.1 Å². The normalized spacial score (nSPS) is 11.1. The number of benzene rings is 2. The van der Waals surface area contributed by atoms with Crippen molar-refractivity contribution in [1.82, 2.24) is 4.90 Å². The van der Waals surface area contributed by atoms with E-state index in [9.17, 15) is 14.3 Å². The highest BCUT2D eigenvalue weighted by molar-refractivity contribution is 6.36. The Balaban J connectivity index is 2.30. The standard InChI is InChI=1S/C21H24Cl2FNO2/c1-12(2)15-9-13(5-7-18(15)26)10-16-17(22)11-14(21(24)20(16)23)6-8-19(27)25(3)4/h5,7,9,11-12,26H,6,8,10H2,1-4H3. The molecule has 0 aromatic heterocycles. The van der Waals surface area contributed by atoms with Gasteiger partial charge in [-0.25, -0.2) is 4.39 Å². The minimum Gasteiger partial charge on any atom is -0.508 e. The fraction of sp³-hybridized carbons (Fsp3) is 0.381. The third-order valence-electron chi connectivity index (χ3n) is 4.53. The van der Waals surface area contributed by atoms with Crippen LogP contribution in [0, 0.1) is 5.82 Å². The molecule has 6 heteroatoms. The van der Waals surface area contributed by atoms with Crippen LogP contribution in [0.2, 0.25) is 10.0 Å². The molecule has 0 aliphatic carbocycles. The van der Waals surface area contributed by atoms with E-state index in [4.69, 9.17) is 23.2 Å². The second kappa shape index (κ2) is 8.94. The number of nitrogens with zero attached hydrogens (tertiary/aromatic N) is 1. The Labute approximate surface area is 169 Å². The highest BCUT2D eigenvalue weighted by Gasteiger charge is 2.18. The average molecular weight is 412 g/mol. The summed E-state index contributed by atoms with van der Waals surface area (Å²) in [5.41, 5.74) is 2.53. The van der Waals surface area contributed by atoms with E-state index < -0.39 is 5.82 Å². The zero-order valence-electron chi connectivity index (χ0n) is 15.9. The summed E-state index contributed by atoms with van der Waals surface area (Å²) in [4.78, 5) is 13.2. The predicted octanol–water partition coefficient (Wildman–Crippen LogP) is 5.57. The molecule has 0 unspecified atom stereocenters. The zero-order chi connectivity index (χ0) is 20.3. The number of phenols is 1. The lowest BCUT2D eigenvalue weighted by Gasteiger charge is -2.15. The summed E-state index contributed by atoms with van der Waals surface area (Å²) in [6.07, 6.45) is 0.774. The van der Waals surface area contributed by atoms with Crippen LogP contribution < -0.4 is 0 Å². The predicted molar refractivity (Wildman–Crippen MR) is 108 cm³/mol. The van der Waals surface area contributed by atoms with Crippen LogP contribution in [0.5, 0.6) is 5.75 Å². The topological polar surface area (TPSA) is 40.5 Å². The summed E-state index contributed by atoms with van der Waals surface area (Å²) in [6.45, 7) is 3.98. The Morgan fingerprint density at radius 3 is 2.48 bits per heavy atom. The molecule has 0 aliphatic heterocycles. The first-order chi connectivity index (χ1) is 12.6. The van der Waals surface area contributed by atoms with Gasteiger partial charge in [-0.1, -0.05) is 49.2 Å². The quantitative estimate of drug-likeness (QED) is 0.630. The Morgan fingerprint density at radius 1 is 1.22 bits per heavy atom. The Hall–Kier alpha value is -1.78. The summed E-state index contributed by atoms with van der Waals surface area (Å²) in [7, 11) is 3.32. The molecule has 0 heterocycles. The number of carbonyl (C=O) groups is 1. The van der Waals surface area contributed by atoms with E-state index in [2.05, 4.69) is 0 Å². The van der Waals surface area contributed by atoms with Crippen molar-refractivity contribution in [2.24, 2.45) is 0 Å². The van der Waals surface area contributed by atoms with Crippen molar-refractivity contribution >= 4 is 29.1 Å². The lowest BCUT2D eigenvalue weighted by Crippen LogP contribution is -2.22. The van der Waals surface area contributed by atoms with Gasteiger partial charge >= 0.3 is 0 Å².